The Bertz CT molecular complexity index is 407. The smallest absolute Gasteiger partial charge is 0.206 e. The van der Waals surface area contributed by atoms with E-state index in [1.54, 1.807) is 12.1 Å². The summed E-state index contributed by atoms with van der Waals surface area (Å²) in [6.45, 7) is 5.84. The van der Waals surface area contributed by atoms with Gasteiger partial charge in [0.1, 0.15) is 0 Å². The van der Waals surface area contributed by atoms with E-state index in [1.165, 1.54) is 6.07 Å². The van der Waals surface area contributed by atoms with Gasteiger partial charge < -0.3 is 10.6 Å². The van der Waals surface area contributed by atoms with Crippen LogP contribution in [0.25, 0.3) is 0 Å². The van der Waals surface area contributed by atoms with E-state index in [0.717, 1.165) is 12.0 Å². The molecule has 0 spiro atoms. The highest BCUT2D eigenvalue weighted by atomic mass is 19.1. The van der Waals surface area contributed by atoms with Crippen LogP contribution in [0.2, 0.25) is 0 Å². The molecule has 0 bridgehead atoms. The fourth-order valence-electron chi connectivity index (χ4n) is 1.12. The fourth-order valence-corrected chi connectivity index (χ4v) is 1.12. The van der Waals surface area contributed by atoms with Crippen molar-refractivity contribution in [2.45, 2.75) is 27.2 Å². The lowest BCUT2D eigenvalue weighted by Crippen LogP contribution is -2.11. The first-order valence-corrected chi connectivity index (χ1v) is 5.76. The lowest BCUT2D eigenvalue weighted by molar-refractivity contribution is 0.351. The monoisotopic (exact) mass is 254 g/mol. The van der Waals surface area contributed by atoms with Crippen LogP contribution in [-0.2, 0) is 6.42 Å². The molecule has 0 amide bonds. The number of ether oxygens (including phenoxy) is 1. The van der Waals surface area contributed by atoms with Gasteiger partial charge >= 0.3 is 0 Å². The Morgan fingerprint density at radius 2 is 2.11 bits per heavy atom. The van der Waals surface area contributed by atoms with Gasteiger partial charge in [-0.3, -0.25) is 0 Å². The molecule has 0 radical (unpaired) electrons. The molecule has 0 fully saturated rings. The van der Waals surface area contributed by atoms with E-state index in [0.29, 0.717) is 0 Å². The first kappa shape index (κ1) is 16.0. The predicted molar refractivity (Wildman–Crippen MR) is 69.4 cm³/mol. The molecule has 0 saturated carbocycles. The maximum absolute atomic E-state index is 13.3. The summed E-state index contributed by atoms with van der Waals surface area (Å²) < 4.78 is 18.4. The van der Waals surface area contributed by atoms with Gasteiger partial charge in [0.05, 0.1) is 0 Å². The molecule has 6 heteroatoms. The molecule has 0 heterocycles. The van der Waals surface area contributed by atoms with Gasteiger partial charge in [0.2, 0.25) is 5.84 Å². The maximum atomic E-state index is 13.3. The highest BCUT2D eigenvalue weighted by Crippen LogP contribution is 2.19. The summed E-state index contributed by atoms with van der Waals surface area (Å²) in [6, 6.07) is 4.63. The van der Waals surface area contributed by atoms with Crippen LogP contribution in [-0.4, -0.2) is 12.4 Å². The molecule has 0 aliphatic carbocycles. The molecular formula is C12H19FN4O. The molecule has 18 heavy (non-hydrogen) atoms. The zero-order valence-corrected chi connectivity index (χ0v) is 10.9. The number of hydrazone groups is 1. The van der Waals surface area contributed by atoms with Crippen molar-refractivity contribution in [1.82, 2.24) is 0 Å². The molecule has 0 aromatic heterocycles. The minimum Gasteiger partial charge on any atom is -0.482 e. The van der Waals surface area contributed by atoms with Crippen LogP contribution < -0.4 is 10.6 Å². The molecule has 0 aliphatic heterocycles. The Hall–Kier alpha value is -1.98. The molecule has 1 aromatic carbocycles. The van der Waals surface area contributed by atoms with Gasteiger partial charge in [0, 0.05) is 0 Å². The zero-order valence-electron chi connectivity index (χ0n) is 10.9. The number of rotatable bonds is 4. The highest BCUT2D eigenvalue weighted by molar-refractivity contribution is 5.83. The standard InChI is InChI=1S/C10H13FN4O.C2H6/c1-2-7-3-4-8(11)9(5-7)16-6-10(14-12)15-13;1-2/h3-5,12H,2,6,13H2,1H3;1-2H3/b14-12?,15-10-;. The minimum atomic E-state index is -0.460. The van der Waals surface area contributed by atoms with Crippen molar-refractivity contribution in [1.29, 1.82) is 5.53 Å². The number of hydrogen-bond donors (Lipinski definition) is 2. The van der Waals surface area contributed by atoms with E-state index in [4.69, 9.17) is 16.1 Å². The van der Waals surface area contributed by atoms with Crippen molar-refractivity contribution in [3.05, 3.63) is 29.6 Å². The SMILES string of the molecule is CC.CCc1ccc(F)c(OC/C(N=N)=N/N)c1. The predicted octanol–water partition coefficient (Wildman–Crippen LogP) is 3.10. The van der Waals surface area contributed by atoms with Crippen LogP contribution >= 0.6 is 0 Å². The summed E-state index contributed by atoms with van der Waals surface area (Å²) in [7, 11) is 0. The third kappa shape index (κ3) is 4.90. The van der Waals surface area contributed by atoms with Gasteiger partial charge in [-0.25, -0.2) is 9.92 Å². The van der Waals surface area contributed by atoms with Crippen molar-refractivity contribution in [3.8, 4) is 5.75 Å². The van der Waals surface area contributed by atoms with E-state index in [2.05, 4.69) is 10.2 Å². The fraction of sp³-hybridized carbons (Fsp3) is 0.417. The van der Waals surface area contributed by atoms with E-state index >= 15 is 0 Å². The molecule has 100 valence electrons. The molecular weight excluding hydrogens is 235 g/mol. The average Bonchev–Trinajstić information content (AvgIpc) is 2.44. The van der Waals surface area contributed by atoms with Crippen molar-refractivity contribution >= 4 is 5.84 Å². The summed E-state index contributed by atoms with van der Waals surface area (Å²) in [5.74, 6) is 4.60. The molecule has 0 aliphatic rings. The summed E-state index contributed by atoms with van der Waals surface area (Å²) in [6.07, 6.45) is 0.789. The summed E-state index contributed by atoms with van der Waals surface area (Å²) >= 11 is 0. The number of amidine groups is 1. The largest absolute Gasteiger partial charge is 0.482 e. The Morgan fingerprint density at radius 3 is 2.61 bits per heavy atom. The van der Waals surface area contributed by atoms with Crippen LogP contribution in [0.4, 0.5) is 4.39 Å². The van der Waals surface area contributed by atoms with Crippen molar-refractivity contribution in [2.75, 3.05) is 6.61 Å². The zero-order chi connectivity index (χ0) is 14.0. The number of hydrogen-bond acceptors (Lipinski definition) is 4. The molecule has 0 atom stereocenters. The topological polar surface area (TPSA) is 83.8 Å². The number of nitrogens with two attached hydrogens (primary N) is 1. The van der Waals surface area contributed by atoms with Gasteiger partial charge in [-0.2, -0.15) is 5.10 Å². The number of nitrogens with one attached hydrogen (secondary N) is 1. The Labute approximate surface area is 106 Å². The second-order valence-corrected chi connectivity index (χ2v) is 3.06. The van der Waals surface area contributed by atoms with E-state index < -0.39 is 5.82 Å². The third-order valence-corrected chi connectivity index (χ3v) is 2.04. The summed E-state index contributed by atoms with van der Waals surface area (Å²) in [5, 5.41) is 6.23. The number of halogens is 1. The van der Waals surface area contributed by atoms with Gasteiger partial charge in [0.15, 0.2) is 18.2 Å². The molecule has 1 rings (SSSR count). The van der Waals surface area contributed by atoms with Crippen LogP contribution in [0.3, 0.4) is 0 Å². The first-order valence-electron chi connectivity index (χ1n) is 5.76. The van der Waals surface area contributed by atoms with Crippen molar-refractivity contribution in [2.24, 2.45) is 16.1 Å². The Morgan fingerprint density at radius 1 is 1.44 bits per heavy atom. The lowest BCUT2D eigenvalue weighted by Gasteiger charge is -2.07. The highest BCUT2D eigenvalue weighted by Gasteiger charge is 2.06. The average molecular weight is 254 g/mol. The van der Waals surface area contributed by atoms with Crippen molar-refractivity contribution < 1.29 is 9.13 Å². The number of nitrogens with zero attached hydrogens (tertiary/aromatic N) is 2. The molecule has 1 aromatic rings. The van der Waals surface area contributed by atoms with Gasteiger partial charge in [-0.1, -0.05) is 26.8 Å². The first-order chi connectivity index (χ1) is 8.71. The molecule has 0 saturated heterocycles. The van der Waals surface area contributed by atoms with Gasteiger partial charge in [-0.05, 0) is 24.1 Å². The second kappa shape index (κ2) is 9.09. The van der Waals surface area contributed by atoms with Gasteiger partial charge in [-0.15, -0.1) is 5.11 Å². The maximum Gasteiger partial charge on any atom is 0.206 e. The second-order valence-electron chi connectivity index (χ2n) is 3.06. The van der Waals surface area contributed by atoms with E-state index in [-0.39, 0.29) is 18.2 Å². The Balaban J connectivity index is 0.00000137. The van der Waals surface area contributed by atoms with Crippen LogP contribution in [0.5, 0.6) is 5.75 Å². The van der Waals surface area contributed by atoms with E-state index in [1.807, 2.05) is 20.8 Å². The summed E-state index contributed by atoms with van der Waals surface area (Å²) in [4.78, 5) is 0. The lowest BCUT2D eigenvalue weighted by atomic mass is 10.1. The minimum absolute atomic E-state index is 0.00121. The molecule has 5 nitrogen and oxygen atoms in total. The quantitative estimate of drug-likeness (QED) is 0.284. The number of aryl methyl sites for hydroxylation is 1. The Kier molecular flexibility index (Phi) is 8.09. The molecule has 3 N–H and O–H groups in total. The molecule has 0 unspecified atom stereocenters. The van der Waals surface area contributed by atoms with E-state index in [9.17, 15) is 4.39 Å². The number of benzene rings is 1. The van der Waals surface area contributed by atoms with Crippen molar-refractivity contribution in [3.63, 3.8) is 0 Å². The van der Waals surface area contributed by atoms with Gasteiger partial charge in [0.25, 0.3) is 0 Å². The van der Waals surface area contributed by atoms with Crippen LogP contribution in [0.15, 0.2) is 28.4 Å². The third-order valence-electron chi connectivity index (χ3n) is 2.04. The van der Waals surface area contributed by atoms with Crippen LogP contribution in [0, 0.1) is 11.3 Å². The summed E-state index contributed by atoms with van der Waals surface area (Å²) in [5.41, 5.74) is 7.66. The van der Waals surface area contributed by atoms with Crippen LogP contribution in [0.1, 0.15) is 26.3 Å². The normalized spacial score (nSPS) is 10.3.